The van der Waals surface area contributed by atoms with E-state index in [9.17, 15) is 0 Å². The van der Waals surface area contributed by atoms with E-state index in [1.807, 2.05) is 0 Å². The molecule has 0 N–H and O–H groups in total. The van der Waals surface area contributed by atoms with Crippen LogP contribution in [0, 0.1) is 28.6 Å². The third-order valence-corrected chi connectivity index (χ3v) is 11.2. The highest BCUT2D eigenvalue weighted by Crippen LogP contribution is 2.68. The summed E-state index contributed by atoms with van der Waals surface area (Å²) in [5.74, 6) is 2.28. The van der Waals surface area contributed by atoms with Gasteiger partial charge in [0.25, 0.3) is 0 Å². The minimum Gasteiger partial charge on any atom is -0.378 e. The van der Waals surface area contributed by atoms with E-state index in [4.69, 9.17) is 14.2 Å². The Morgan fingerprint density at radius 3 is 1.97 bits per heavy atom. The Hall–Kier alpha value is -0.120. The minimum absolute atomic E-state index is 0.332. The van der Waals surface area contributed by atoms with Gasteiger partial charge in [-0.15, -0.1) is 0 Å². The first-order valence-corrected chi connectivity index (χ1v) is 17.3. The molecular formula is C35H64O3. The summed E-state index contributed by atoms with van der Waals surface area (Å²) in [5, 5.41) is 0. The van der Waals surface area contributed by atoms with Crippen molar-refractivity contribution >= 4 is 0 Å². The molecule has 4 fully saturated rings. The van der Waals surface area contributed by atoms with E-state index in [2.05, 4.69) is 34.6 Å². The van der Waals surface area contributed by atoms with Crippen molar-refractivity contribution in [1.29, 1.82) is 0 Å². The van der Waals surface area contributed by atoms with Gasteiger partial charge < -0.3 is 14.2 Å². The van der Waals surface area contributed by atoms with E-state index < -0.39 is 0 Å². The standard InChI is InChI=1S/C35H64O3/c1-6-7-22-36-32-18-12-21-35(24-32,30-16-11-17-31(23-30)37-26-27(2)3)34(29-14-9-8-10-15-29)20-13-19-33(25-34)38-28(4)5/h27-33H,6-26H2,1-5H3. The lowest BCUT2D eigenvalue weighted by Crippen LogP contribution is -2.58. The smallest absolute Gasteiger partial charge is 0.0584 e. The highest BCUT2D eigenvalue weighted by atomic mass is 16.5. The molecule has 0 aromatic heterocycles. The highest BCUT2D eigenvalue weighted by Gasteiger charge is 2.61. The molecule has 4 rings (SSSR count). The second-order valence-corrected chi connectivity index (χ2v) is 14.7. The van der Waals surface area contributed by atoms with Gasteiger partial charge in [0.2, 0.25) is 0 Å². The molecule has 3 nitrogen and oxygen atoms in total. The molecule has 0 aromatic carbocycles. The second-order valence-electron chi connectivity index (χ2n) is 14.7. The van der Waals surface area contributed by atoms with Crippen LogP contribution in [0.5, 0.6) is 0 Å². The van der Waals surface area contributed by atoms with Crippen molar-refractivity contribution in [3.8, 4) is 0 Å². The molecule has 3 heteroatoms. The summed E-state index contributed by atoms with van der Waals surface area (Å²) in [6.45, 7) is 13.3. The average molecular weight is 533 g/mol. The molecule has 38 heavy (non-hydrogen) atoms. The average Bonchev–Trinajstić information content (AvgIpc) is 2.92. The molecule has 6 unspecified atom stereocenters. The molecule has 0 aromatic rings. The third kappa shape index (κ3) is 7.39. The molecule has 0 heterocycles. The Labute approximate surface area is 236 Å². The summed E-state index contributed by atoms with van der Waals surface area (Å²) in [7, 11) is 0. The van der Waals surface area contributed by atoms with Crippen LogP contribution in [0.25, 0.3) is 0 Å². The lowest BCUT2D eigenvalue weighted by molar-refractivity contribution is -0.191. The van der Waals surface area contributed by atoms with Crippen LogP contribution in [0.4, 0.5) is 0 Å². The monoisotopic (exact) mass is 532 g/mol. The van der Waals surface area contributed by atoms with Gasteiger partial charge in [0.1, 0.15) is 0 Å². The Morgan fingerprint density at radius 2 is 1.29 bits per heavy atom. The number of unbranched alkanes of at least 4 members (excludes halogenated alkanes) is 1. The first-order valence-electron chi connectivity index (χ1n) is 17.3. The summed E-state index contributed by atoms with van der Waals surface area (Å²) in [4.78, 5) is 0. The molecule has 4 aliphatic rings. The van der Waals surface area contributed by atoms with Gasteiger partial charge in [-0.05, 0) is 119 Å². The van der Waals surface area contributed by atoms with Gasteiger partial charge in [0.15, 0.2) is 0 Å². The lowest BCUT2D eigenvalue weighted by Gasteiger charge is -2.64. The molecule has 0 amide bonds. The van der Waals surface area contributed by atoms with Crippen molar-refractivity contribution in [1.82, 2.24) is 0 Å². The molecular weight excluding hydrogens is 468 g/mol. The Kier molecular flexibility index (Phi) is 11.9. The Morgan fingerprint density at radius 1 is 0.658 bits per heavy atom. The van der Waals surface area contributed by atoms with E-state index in [1.54, 1.807) is 0 Å². The lowest BCUT2D eigenvalue weighted by atomic mass is 9.41. The van der Waals surface area contributed by atoms with Crippen molar-refractivity contribution in [3.05, 3.63) is 0 Å². The van der Waals surface area contributed by atoms with Crippen LogP contribution in [0.1, 0.15) is 157 Å². The first kappa shape index (κ1) is 30.8. The third-order valence-electron chi connectivity index (χ3n) is 11.2. The zero-order chi connectivity index (χ0) is 27.0. The summed E-state index contributed by atoms with van der Waals surface area (Å²) < 4.78 is 20.0. The first-order chi connectivity index (χ1) is 18.4. The van der Waals surface area contributed by atoms with Gasteiger partial charge in [-0.25, -0.2) is 0 Å². The molecule has 4 saturated carbocycles. The van der Waals surface area contributed by atoms with E-state index in [0.29, 0.717) is 41.2 Å². The van der Waals surface area contributed by atoms with Gasteiger partial charge in [0, 0.05) is 13.2 Å². The maximum absolute atomic E-state index is 6.73. The van der Waals surface area contributed by atoms with Gasteiger partial charge in [-0.2, -0.15) is 0 Å². The fourth-order valence-electron chi connectivity index (χ4n) is 9.79. The number of hydrogen-bond donors (Lipinski definition) is 0. The summed E-state index contributed by atoms with van der Waals surface area (Å²) in [6, 6.07) is 0. The van der Waals surface area contributed by atoms with Gasteiger partial charge in [-0.3, -0.25) is 0 Å². The SMILES string of the molecule is CCCCOC1CCCC(C2CCCC(OCC(C)C)C2)(C2(C3CCCCC3)CCCC(OC(C)C)C2)C1. The molecule has 222 valence electrons. The largest absolute Gasteiger partial charge is 0.378 e. The van der Waals surface area contributed by atoms with Crippen molar-refractivity contribution < 1.29 is 14.2 Å². The van der Waals surface area contributed by atoms with Gasteiger partial charge in [0.05, 0.1) is 24.4 Å². The molecule has 0 spiro atoms. The number of rotatable bonds is 12. The molecule has 0 radical (unpaired) electrons. The fraction of sp³-hybridized carbons (Fsp3) is 1.00. The van der Waals surface area contributed by atoms with E-state index in [1.165, 1.54) is 122 Å². The highest BCUT2D eigenvalue weighted by molar-refractivity contribution is 5.10. The summed E-state index contributed by atoms with van der Waals surface area (Å²) >= 11 is 0. The van der Waals surface area contributed by atoms with E-state index >= 15 is 0 Å². The number of ether oxygens (including phenoxy) is 3. The van der Waals surface area contributed by atoms with Crippen molar-refractivity contribution in [3.63, 3.8) is 0 Å². The predicted molar refractivity (Wildman–Crippen MR) is 160 cm³/mol. The maximum Gasteiger partial charge on any atom is 0.0584 e. The van der Waals surface area contributed by atoms with Crippen LogP contribution in [-0.2, 0) is 14.2 Å². The zero-order valence-corrected chi connectivity index (χ0v) is 26.1. The summed E-state index contributed by atoms with van der Waals surface area (Å²) in [6.07, 6.45) is 27.4. The predicted octanol–water partition coefficient (Wildman–Crippen LogP) is 9.90. The van der Waals surface area contributed by atoms with Crippen LogP contribution in [-0.4, -0.2) is 37.6 Å². The fourth-order valence-corrected chi connectivity index (χ4v) is 9.79. The van der Waals surface area contributed by atoms with Crippen LogP contribution >= 0.6 is 0 Å². The van der Waals surface area contributed by atoms with Crippen molar-refractivity contribution in [2.75, 3.05) is 13.2 Å². The molecule has 0 aliphatic heterocycles. The van der Waals surface area contributed by atoms with Crippen LogP contribution in [0.2, 0.25) is 0 Å². The minimum atomic E-state index is 0.332. The maximum atomic E-state index is 6.73. The van der Waals surface area contributed by atoms with Crippen molar-refractivity contribution in [2.24, 2.45) is 28.6 Å². The zero-order valence-electron chi connectivity index (χ0n) is 26.1. The Balaban J connectivity index is 1.69. The van der Waals surface area contributed by atoms with Crippen LogP contribution in [0.15, 0.2) is 0 Å². The van der Waals surface area contributed by atoms with E-state index in [-0.39, 0.29) is 0 Å². The summed E-state index contributed by atoms with van der Waals surface area (Å²) in [5.41, 5.74) is 0.811. The van der Waals surface area contributed by atoms with Crippen LogP contribution in [0.3, 0.4) is 0 Å². The molecule has 6 atom stereocenters. The topological polar surface area (TPSA) is 27.7 Å². The quantitative estimate of drug-likeness (QED) is 0.234. The number of hydrogen-bond acceptors (Lipinski definition) is 3. The van der Waals surface area contributed by atoms with Crippen LogP contribution < -0.4 is 0 Å². The Bertz CT molecular complexity index is 670. The second kappa shape index (κ2) is 14.7. The van der Waals surface area contributed by atoms with Crippen molar-refractivity contribution in [2.45, 2.75) is 181 Å². The van der Waals surface area contributed by atoms with Gasteiger partial charge in [-0.1, -0.05) is 65.7 Å². The molecule has 4 aliphatic carbocycles. The molecule has 0 saturated heterocycles. The molecule has 0 bridgehead atoms. The van der Waals surface area contributed by atoms with Gasteiger partial charge >= 0.3 is 0 Å². The normalized spacial score (nSPS) is 37.7. The van der Waals surface area contributed by atoms with E-state index in [0.717, 1.165) is 25.0 Å².